The van der Waals surface area contributed by atoms with Gasteiger partial charge in [0.25, 0.3) is 5.91 Å². The Labute approximate surface area is 189 Å². The molecule has 1 fully saturated rings. The summed E-state index contributed by atoms with van der Waals surface area (Å²) in [7, 11) is 1.60. The minimum absolute atomic E-state index is 0.0398. The molecule has 0 spiro atoms. The number of carbonyl (C=O) groups excluding carboxylic acids is 4. The van der Waals surface area contributed by atoms with Gasteiger partial charge in [0.05, 0.1) is 12.5 Å². The first kappa shape index (κ1) is 25.2. The zero-order valence-corrected chi connectivity index (χ0v) is 19.3. The van der Waals surface area contributed by atoms with Gasteiger partial charge in [-0.2, -0.15) is 0 Å². The van der Waals surface area contributed by atoms with E-state index in [-0.39, 0.29) is 43.3 Å². The third kappa shape index (κ3) is 8.20. The zero-order valence-electron chi connectivity index (χ0n) is 19.3. The lowest BCUT2D eigenvalue weighted by molar-refractivity contribution is -0.136. The molecule has 9 nitrogen and oxygen atoms in total. The van der Waals surface area contributed by atoms with Crippen LogP contribution in [-0.4, -0.2) is 79.0 Å². The van der Waals surface area contributed by atoms with Gasteiger partial charge in [0.15, 0.2) is 0 Å². The van der Waals surface area contributed by atoms with E-state index in [4.69, 9.17) is 4.74 Å². The van der Waals surface area contributed by atoms with Crippen LogP contribution in [0.25, 0.3) is 0 Å². The number of nitrogens with one attached hydrogen (secondary N) is 2. The monoisotopic (exact) mass is 446 g/mol. The van der Waals surface area contributed by atoms with Crippen molar-refractivity contribution in [3.05, 3.63) is 35.9 Å². The Bertz CT molecular complexity index is 806. The second-order valence-corrected chi connectivity index (χ2v) is 8.93. The molecule has 9 heteroatoms. The highest BCUT2D eigenvalue weighted by Crippen LogP contribution is 2.17. The van der Waals surface area contributed by atoms with E-state index in [1.165, 1.54) is 4.90 Å². The lowest BCUT2D eigenvalue weighted by Gasteiger charge is -2.33. The van der Waals surface area contributed by atoms with Gasteiger partial charge in [0.2, 0.25) is 11.8 Å². The Hall–Kier alpha value is -3.10. The lowest BCUT2D eigenvalue weighted by Crippen LogP contribution is -2.49. The maximum atomic E-state index is 12.7. The molecule has 1 atom stereocenters. The van der Waals surface area contributed by atoms with Crippen LogP contribution in [0.2, 0.25) is 0 Å². The summed E-state index contributed by atoms with van der Waals surface area (Å²) in [6.07, 6.45) is 0.875. The smallest absolute Gasteiger partial charge is 0.407 e. The highest BCUT2D eigenvalue weighted by molar-refractivity contribution is 5.96. The predicted molar refractivity (Wildman–Crippen MR) is 120 cm³/mol. The van der Waals surface area contributed by atoms with Gasteiger partial charge in [-0.05, 0) is 45.7 Å². The number of hydrogen-bond acceptors (Lipinski definition) is 5. The molecule has 32 heavy (non-hydrogen) atoms. The summed E-state index contributed by atoms with van der Waals surface area (Å²) in [4.78, 5) is 52.3. The van der Waals surface area contributed by atoms with Gasteiger partial charge in [-0.1, -0.05) is 18.2 Å². The van der Waals surface area contributed by atoms with Gasteiger partial charge in [-0.3, -0.25) is 14.4 Å². The lowest BCUT2D eigenvalue weighted by atomic mass is 9.97. The maximum Gasteiger partial charge on any atom is 0.407 e. The van der Waals surface area contributed by atoms with E-state index in [0.717, 1.165) is 6.42 Å². The van der Waals surface area contributed by atoms with Crippen molar-refractivity contribution in [2.24, 2.45) is 5.92 Å². The van der Waals surface area contributed by atoms with Crippen LogP contribution >= 0.6 is 0 Å². The van der Waals surface area contributed by atoms with Crippen molar-refractivity contribution < 1.29 is 23.9 Å². The van der Waals surface area contributed by atoms with Crippen LogP contribution in [0, 0.1) is 5.92 Å². The Morgan fingerprint density at radius 2 is 1.75 bits per heavy atom. The molecule has 0 saturated carbocycles. The van der Waals surface area contributed by atoms with Gasteiger partial charge in [-0.25, -0.2) is 4.79 Å². The average Bonchev–Trinajstić information content (AvgIpc) is 2.75. The third-order valence-corrected chi connectivity index (χ3v) is 4.98. The minimum Gasteiger partial charge on any atom is -0.444 e. The summed E-state index contributed by atoms with van der Waals surface area (Å²) in [5.74, 6) is -0.866. The van der Waals surface area contributed by atoms with E-state index in [9.17, 15) is 19.2 Å². The van der Waals surface area contributed by atoms with E-state index < -0.39 is 11.7 Å². The highest BCUT2D eigenvalue weighted by Gasteiger charge is 2.29. The van der Waals surface area contributed by atoms with Gasteiger partial charge in [0.1, 0.15) is 5.60 Å². The number of nitrogens with zero attached hydrogens (tertiary/aromatic N) is 2. The topological polar surface area (TPSA) is 108 Å². The molecule has 0 aromatic heterocycles. The fourth-order valence-electron chi connectivity index (χ4n) is 3.40. The standard InChI is InChI=1S/C23H34N4O5/c1-23(2,3)32-22(31)25-13-12-24-20(29)18-11-8-14-27(15-18)19(28)16-26(4)21(30)17-9-6-5-7-10-17/h5-7,9-10,18H,8,11-16H2,1-4H3,(H,24,29)(H,25,31). The molecular formula is C23H34N4O5. The van der Waals surface area contributed by atoms with E-state index in [1.54, 1.807) is 57.0 Å². The van der Waals surface area contributed by atoms with Crippen molar-refractivity contribution in [2.75, 3.05) is 39.8 Å². The number of benzene rings is 1. The first-order valence-corrected chi connectivity index (χ1v) is 10.9. The summed E-state index contributed by atoms with van der Waals surface area (Å²) in [5, 5.41) is 5.39. The maximum absolute atomic E-state index is 12.7. The molecule has 2 N–H and O–H groups in total. The number of ether oxygens (including phenoxy) is 1. The number of hydrogen-bond donors (Lipinski definition) is 2. The fraction of sp³-hybridized carbons (Fsp3) is 0.565. The molecule has 176 valence electrons. The normalized spacial score (nSPS) is 16.1. The Morgan fingerprint density at radius 3 is 2.41 bits per heavy atom. The summed E-state index contributed by atoms with van der Waals surface area (Å²) in [6, 6.07) is 8.80. The van der Waals surface area contributed by atoms with Crippen molar-refractivity contribution in [3.63, 3.8) is 0 Å². The van der Waals surface area contributed by atoms with Gasteiger partial charge in [-0.15, -0.1) is 0 Å². The molecule has 0 aliphatic carbocycles. The Balaban J connectivity index is 1.76. The van der Waals surface area contributed by atoms with Crippen LogP contribution in [0.15, 0.2) is 30.3 Å². The van der Waals surface area contributed by atoms with E-state index in [2.05, 4.69) is 10.6 Å². The van der Waals surface area contributed by atoms with Crippen molar-refractivity contribution in [1.29, 1.82) is 0 Å². The number of alkyl carbamates (subject to hydrolysis) is 1. The molecule has 0 bridgehead atoms. The van der Waals surface area contributed by atoms with E-state index in [1.807, 2.05) is 6.07 Å². The number of amides is 4. The summed E-state index contributed by atoms with van der Waals surface area (Å²) in [5.41, 5.74) is -0.0516. The minimum atomic E-state index is -0.578. The molecule has 1 aromatic rings. The van der Waals surface area contributed by atoms with Crippen LogP contribution in [0.1, 0.15) is 44.0 Å². The van der Waals surface area contributed by atoms with Crippen LogP contribution in [0.4, 0.5) is 4.79 Å². The van der Waals surface area contributed by atoms with Crippen molar-refractivity contribution in [1.82, 2.24) is 20.4 Å². The van der Waals surface area contributed by atoms with Crippen LogP contribution in [0.3, 0.4) is 0 Å². The van der Waals surface area contributed by atoms with Crippen molar-refractivity contribution in [2.45, 2.75) is 39.2 Å². The molecule has 2 rings (SSSR count). The quantitative estimate of drug-likeness (QED) is 0.619. The highest BCUT2D eigenvalue weighted by atomic mass is 16.6. The van der Waals surface area contributed by atoms with Crippen LogP contribution < -0.4 is 10.6 Å². The van der Waals surface area contributed by atoms with Crippen molar-refractivity contribution in [3.8, 4) is 0 Å². The third-order valence-electron chi connectivity index (χ3n) is 4.98. The SMILES string of the molecule is CN(CC(=O)N1CCCC(C(=O)NCCNC(=O)OC(C)(C)C)C1)C(=O)c1ccccc1. The molecule has 0 radical (unpaired) electrons. The van der Waals surface area contributed by atoms with Crippen LogP contribution in [-0.2, 0) is 14.3 Å². The summed E-state index contributed by atoms with van der Waals surface area (Å²) >= 11 is 0. The molecule has 1 aliphatic heterocycles. The molecule has 1 heterocycles. The number of likely N-dealkylation sites (N-methyl/N-ethyl adjacent to an activating group) is 1. The first-order chi connectivity index (χ1) is 15.1. The molecule has 4 amide bonds. The molecule has 1 aliphatic rings. The predicted octanol–water partition coefficient (Wildman–Crippen LogP) is 1.64. The largest absolute Gasteiger partial charge is 0.444 e. The molecule has 1 unspecified atom stereocenters. The molecular weight excluding hydrogens is 412 g/mol. The summed E-state index contributed by atoms with van der Waals surface area (Å²) < 4.78 is 5.14. The zero-order chi connectivity index (χ0) is 23.7. The van der Waals surface area contributed by atoms with E-state index in [0.29, 0.717) is 25.1 Å². The second kappa shape index (κ2) is 11.5. The van der Waals surface area contributed by atoms with Gasteiger partial charge < -0.3 is 25.2 Å². The Morgan fingerprint density at radius 1 is 1.09 bits per heavy atom. The second-order valence-electron chi connectivity index (χ2n) is 8.93. The summed E-state index contributed by atoms with van der Waals surface area (Å²) in [6.45, 7) is 6.70. The Kier molecular flexibility index (Phi) is 9.04. The van der Waals surface area contributed by atoms with Crippen LogP contribution in [0.5, 0.6) is 0 Å². The molecule has 1 saturated heterocycles. The van der Waals surface area contributed by atoms with E-state index >= 15 is 0 Å². The fourth-order valence-corrected chi connectivity index (χ4v) is 3.40. The van der Waals surface area contributed by atoms with Crippen molar-refractivity contribution >= 4 is 23.8 Å². The average molecular weight is 447 g/mol. The number of likely N-dealkylation sites (tertiary alicyclic amines) is 1. The first-order valence-electron chi connectivity index (χ1n) is 10.9. The molecule has 1 aromatic carbocycles. The van der Waals surface area contributed by atoms with Gasteiger partial charge in [0, 0.05) is 38.8 Å². The van der Waals surface area contributed by atoms with Gasteiger partial charge >= 0.3 is 6.09 Å². The number of rotatable bonds is 7. The number of carbonyl (C=O) groups is 4. The number of piperidine rings is 1.